The van der Waals surface area contributed by atoms with Crippen LogP contribution in [0, 0.1) is 24.5 Å². The zero-order valence-corrected chi connectivity index (χ0v) is 6.00. The molecule has 0 aliphatic heterocycles. The molecule has 0 bridgehead atoms. The summed E-state index contributed by atoms with van der Waals surface area (Å²) in [5.74, 6) is 0. The molecule has 0 aliphatic rings. The fourth-order valence-electron chi connectivity index (χ4n) is 0.767. The minimum Gasteiger partial charge on any atom is -0.250 e. The maximum Gasteiger partial charge on any atom is 0.211 e. The van der Waals surface area contributed by atoms with E-state index in [1.54, 1.807) is 0 Å². The Morgan fingerprint density at radius 2 is 2.25 bits per heavy atom. The van der Waals surface area contributed by atoms with E-state index in [1.165, 1.54) is 12.1 Å². The number of hydrogen-bond acceptors (Lipinski definition) is 1. The lowest BCUT2D eigenvalue weighted by Gasteiger charge is -1.94. The zero-order chi connectivity index (χ0) is 9.84. The first-order valence-corrected chi connectivity index (χ1v) is 3.03. The third-order valence-electron chi connectivity index (χ3n) is 1.29. The smallest absolute Gasteiger partial charge is 0.211 e. The molecule has 0 aromatic heterocycles. The summed E-state index contributed by atoms with van der Waals surface area (Å²) in [6.07, 6.45) is 0. The normalized spacial score (nSPS) is 8.92. The highest BCUT2D eigenvalue weighted by molar-refractivity contribution is 5.76. The Hall–Kier alpha value is -2.31. The van der Waals surface area contributed by atoms with Crippen LogP contribution in [0.15, 0.2) is 18.2 Å². The monoisotopic (exact) mass is 154 g/mol. The largest absolute Gasteiger partial charge is 0.250 e. The van der Waals surface area contributed by atoms with Crippen LogP contribution in [-0.4, -0.2) is 0 Å². The fraction of sp³-hybridized carbons (Fsp3) is 0. The van der Waals surface area contributed by atoms with E-state index in [2.05, 4.69) is 9.69 Å². The molecule has 0 radical (unpaired) electrons. The first-order valence-electron chi connectivity index (χ1n) is 3.53. The molecule has 1 aromatic rings. The summed E-state index contributed by atoms with van der Waals surface area (Å²) in [6, 6.07) is 4.52. The van der Waals surface area contributed by atoms with Crippen LogP contribution in [0.25, 0.3) is 9.69 Å². The van der Waals surface area contributed by atoms with Gasteiger partial charge in [0.05, 0.1) is 19.2 Å². The summed E-state index contributed by atoms with van der Waals surface area (Å²) in [4.78, 5) is 6.11. The Labute approximate surface area is 71.5 Å². The molecule has 1 aromatic carbocycles. The van der Waals surface area contributed by atoms with Crippen molar-refractivity contribution in [2.24, 2.45) is 0 Å². The minimum atomic E-state index is -0.0472. The van der Waals surface area contributed by atoms with E-state index in [9.17, 15) is 0 Å². The third kappa shape index (κ3) is 1.10. The first-order chi connectivity index (χ1) is 6.24. The van der Waals surface area contributed by atoms with E-state index in [4.69, 9.17) is 19.8 Å². The van der Waals surface area contributed by atoms with Crippen molar-refractivity contribution in [3.63, 3.8) is 0 Å². The van der Waals surface area contributed by atoms with Gasteiger partial charge in [0, 0.05) is 6.93 Å². The number of nitriles is 1. The second-order valence-electron chi connectivity index (χ2n) is 1.92. The molecule has 1 rings (SSSR count). The van der Waals surface area contributed by atoms with Crippen LogP contribution >= 0.6 is 0 Å². The fourth-order valence-corrected chi connectivity index (χ4v) is 0.767. The number of hydrogen-bond donors (Lipinski definition) is 0. The van der Waals surface area contributed by atoms with E-state index < -0.39 is 0 Å². The van der Waals surface area contributed by atoms with Gasteiger partial charge in [0.1, 0.15) is 0 Å². The molecule has 0 heterocycles. The summed E-state index contributed by atoms with van der Waals surface area (Å²) >= 11 is 0. The molecular weight excluding hydrogens is 150 g/mol. The Balaban J connectivity index is 3.63. The molecular formula is C9H3N3. The molecule has 0 amide bonds. The standard InChI is InChI=1S/C9H3N3/c1-11-8-5-3-4-7(6-10)9(8)12-2/h3-5H/i5D. The molecule has 0 fully saturated rings. The van der Waals surface area contributed by atoms with Crippen molar-refractivity contribution in [3.05, 3.63) is 46.6 Å². The van der Waals surface area contributed by atoms with Gasteiger partial charge in [-0.05, 0) is 0 Å². The van der Waals surface area contributed by atoms with E-state index >= 15 is 0 Å². The molecule has 0 aliphatic carbocycles. The molecule has 0 spiro atoms. The van der Waals surface area contributed by atoms with Crippen LogP contribution < -0.4 is 0 Å². The van der Waals surface area contributed by atoms with Crippen molar-refractivity contribution >= 4 is 11.4 Å². The highest BCUT2D eigenvalue weighted by Crippen LogP contribution is 2.30. The predicted molar refractivity (Wildman–Crippen MR) is 43.7 cm³/mol. The highest BCUT2D eigenvalue weighted by atomic mass is 14.8. The molecule has 0 saturated heterocycles. The van der Waals surface area contributed by atoms with Gasteiger partial charge in [0.25, 0.3) is 0 Å². The van der Waals surface area contributed by atoms with Crippen molar-refractivity contribution in [1.82, 2.24) is 0 Å². The molecule has 0 atom stereocenters. The number of benzene rings is 1. The summed E-state index contributed by atoms with van der Waals surface area (Å²) < 4.78 is 7.32. The second-order valence-corrected chi connectivity index (χ2v) is 1.92. The number of nitrogens with zero attached hydrogens (tertiary/aromatic N) is 3. The summed E-state index contributed by atoms with van der Waals surface area (Å²) in [7, 11) is 0. The third-order valence-corrected chi connectivity index (χ3v) is 1.29. The van der Waals surface area contributed by atoms with Crippen LogP contribution in [-0.2, 0) is 0 Å². The van der Waals surface area contributed by atoms with Gasteiger partial charge in [-0.15, -0.1) is 0 Å². The SMILES string of the molecule is [2H]c1ccc(C#N)c([N+]#[C-])c1[N+]#[C-]. The molecule has 54 valence electrons. The number of rotatable bonds is 0. The van der Waals surface area contributed by atoms with E-state index in [0.717, 1.165) is 0 Å². The van der Waals surface area contributed by atoms with Crippen molar-refractivity contribution in [1.29, 1.82) is 5.26 Å². The van der Waals surface area contributed by atoms with Crippen molar-refractivity contribution in [2.75, 3.05) is 0 Å². The first kappa shape index (κ1) is 6.40. The lowest BCUT2D eigenvalue weighted by Crippen LogP contribution is -1.72. The predicted octanol–water partition coefficient (Wildman–Crippen LogP) is 2.66. The van der Waals surface area contributed by atoms with Gasteiger partial charge in [0.15, 0.2) is 5.69 Å². The minimum absolute atomic E-state index is 0.0139. The Morgan fingerprint density at radius 1 is 1.50 bits per heavy atom. The molecule has 3 heteroatoms. The summed E-state index contributed by atoms with van der Waals surface area (Å²) in [6.45, 7) is 13.5. The van der Waals surface area contributed by atoms with Crippen LogP contribution in [0.1, 0.15) is 6.93 Å². The van der Waals surface area contributed by atoms with Gasteiger partial charge in [-0.2, -0.15) is 5.26 Å². The maximum absolute atomic E-state index is 8.60. The Bertz CT molecular complexity index is 471. The van der Waals surface area contributed by atoms with Crippen LogP contribution in [0.2, 0.25) is 0 Å². The van der Waals surface area contributed by atoms with E-state index in [-0.39, 0.29) is 23.0 Å². The molecule has 12 heavy (non-hydrogen) atoms. The van der Waals surface area contributed by atoms with Gasteiger partial charge < -0.3 is 0 Å². The van der Waals surface area contributed by atoms with Gasteiger partial charge in [-0.1, -0.05) is 18.2 Å². The lowest BCUT2D eigenvalue weighted by molar-refractivity contribution is 1.49. The highest BCUT2D eigenvalue weighted by Gasteiger charge is 2.06. The quantitative estimate of drug-likeness (QED) is 0.528. The molecule has 0 N–H and O–H groups in total. The van der Waals surface area contributed by atoms with Crippen LogP contribution in [0.3, 0.4) is 0 Å². The summed E-state index contributed by atoms with van der Waals surface area (Å²) in [5, 5.41) is 8.60. The average molecular weight is 154 g/mol. The maximum atomic E-state index is 8.60. The average Bonchev–Trinajstić information content (AvgIpc) is 2.17. The van der Waals surface area contributed by atoms with Gasteiger partial charge in [0.2, 0.25) is 5.69 Å². The van der Waals surface area contributed by atoms with Crippen molar-refractivity contribution in [3.8, 4) is 6.07 Å². The Morgan fingerprint density at radius 3 is 2.75 bits per heavy atom. The number of para-hydroxylation sites is 1. The zero-order valence-electron chi connectivity index (χ0n) is 7.00. The Kier molecular flexibility index (Phi) is 1.70. The lowest BCUT2D eigenvalue weighted by atomic mass is 10.2. The van der Waals surface area contributed by atoms with E-state index in [1.807, 2.05) is 6.07 Å². The van der Waals surface area contributed by atoms with Gasteiger partial charge in [-0.25, -0.2) is 4.85 Å². The van der Waals surface area contributed by atoms with Crippen LogP contribution in [0.5, 0.6) is 0 Å². The van der Waals surface area contributed by atoms with Crippen molar-refractivity contribution < 1.29 is 1.37 Å². The topological polar surface area (TPSA) is 32.5 Å². The van der Waals surface area contributed by atoms with Crippen molar-refractivity contribution in [2.45, 2.75) is 0 Å². The summed E-state index contributed by atoms with van der Waals surface area (Å²) in [5.41, 5.74) is 0.0797. The van der Waals surface area contributed by atoms with Crippen LogP contribution in [0.4, 0.5) is 11.4 Å². The molecule has 3 nitrogen and oxygen atoms in total. The van der Waals surface area contributed by atoms with Gasteiger partial charge in [-0.3, -0.25) is 4.85 Å². The van der Waals surface area contributed by atoms with E-state index in [0.29, 0.717) is 0 Å². The van der Waals surface area contributed by atoms with Gasteiger partial charge >= 0.3 is 0 Å². The second kappa shape index (κ2) is 3.19. The molecule has 0 unspecified atom stereocenters. The molecule has 0 saturated carbocycles.